The Morgan fingerprint density at radius 3 is 2.88 bits per heavy atom. The van der Waals surface area contributed by atoms with Crippen molar-refractivity contribution in [2.75, 3.05) is 40.0 Å². The monoisotopic (exact) mass is 380 g/mol. The molecular weight excluding hydrogens is 360 g/mol. The van der Waals surface area contributed by atoms with Crippen LogP contribution in [0.4, 0.5) is 0 Å². The van der Waals surface area contributed by atoms with Gasteiger partial charge >= 0.3 is 0 Å². The molecule has 2 heterocycles. The van der Waals surface area contributed by atoms with Gasteiger partial charge in [-0.05, 0) is 40.6 Å². The molecule has 2 aromatic rings. The van der Waals surface area contributed by atoms with E-state index in [1.165, 1.54) is 5.56 Å². The van der Waals surface area contributed by atoms with E-state index in [4.69, 9.17) is 21.1 Å². The van der Waals surface area contributed by atoms with Gasteiger partial charge in [-0.2, -0.15) is 11.3 Å². The predicted octanol–water partition coefficient (Wildman–Crippen LogP) is 3.21. The van der Waals surface area contributed by atoms with Crippen molar-refractivity contribution in [2.45, 2.75) is 6.04 Å². The molecule has 0 radical (unpaired) electrons. The third kappa shape index (κ3) is 4.52. The minimum absolute atomic E-state index is 0.129. The Labute approximate surface area is 156 Å². The Morgan fingerprint density at radius 2 is 2.20 bits per heavy atom. The molecule has 1 aromatic carbocycles. The van der Waals surface area contributed by atoms with Crippen LogP contribution < -0.4 is 10.1 Å². The summed E-state index contributed by atoms with van der Waals surface area (Å²) in [6.45, 7) is 3.67. The van der Waals surface area contributed by atoms with Crippen LogP contribution in [0, 0.1) is 0 Å². The van der Waals surface area contributed by atoms with Crippen LogP contribution in [0.25, 0.3) is 0 Å². The summed E-state index contributed by atoms with van der Waals surface area (Å²) < 4.78 is 10.7. The number of amides is 1. The molecule has 0 bridgehead atoms. The first-order chi connectivity index (χ1) is 12.2. The molecule has 1 saturated heterocycles. The summed E-state index contributed by atoms with van der Waals surface area (Å²) in [7, 11) is 1.54. The molecule has 1 aliphatic rings. The highest BCUT2D eigenvalue weighted by Crippen LogP contribution is 2.25. The lowest BCUT2D eigenvalue weighted by molar-refractivity contribution is 0.0163. The van der Waals surface area contributed by atoms with E-state index in [1.54, 1.807) is 36.6 Å². The fourth-order valence-corrected chi connectivity index (χ4v) is 3.83. The van der Waals surface area contributed by atoms with Gasteiger partial charge in [0.25, 0.3) is 5.91 Å². The van der Waals surface area contributed by atoms with E-state index in [-0.39, 0.29) is 11.9 Å². The number of benzene rings is 1. The van der Waals surface area contributed by atoms with E-state index in [0.29, 0.717) is 22.9 Å². The lowest BCUT2D eigenvalue weighted by Gasteiger charge is -2.34. The van der Waals surface area contributed by atoms with Crippen LogP contribution in [0.5, 0.6) is 5.75 Å². The lowest BCUT2D eigenvalue weighted by Crippen LogP contribution is -2.43. The molecule has 1 fully saturated rings. The third-order valence-corrected chi connectivity index (χ3v) is 5.21. The Morgan fingerprint density at radius 1 is 1.40 bits per heavy atom. The van der Waals surface area contributed by atoms with E-state index in [1.807, 2.05) is 0 Å². The molecule has 134 valence electrons. The van der Waals surface area contributed by atoms with Gasteiger partial charge < -0.3 is 14.8 Å². The topological polar surface area (TPSA) is 50.8 Å². The van der Waals surface area contributed by atoms with Crippen LogP contribution in [0.15, 0.2) is 35.0 Å². The van der Waals surface area contributed by atoms with Crippen molar-refractivity contribution in [3.8, 4) is 5.75 Å². The highest BCUT2D eigenvalue weighted by molar-refractivity contribution is 7.07. The summed E-state index contributed by atoms with van der Waals surface area (Å²) in [5.74, 6) is 0.327. The number of nitrogens with one attached hydrogen (secondary N) is 1. The van der Waals surface area contributed by atoms with E-state index in [9.17, 15) is 4.79 Å². The molecule has 0 saturated carbocycles. The van der Waals surface area contributed by atoms with Crippen molar-refractivity contribution < 1.29 is 14.3 Å². The number of halogens is 1. The van der Waals surface area contributed by atoms with Crippen molar-refractivity contribution in [3.05, 3.63) is 51.2 Å². The first-order valence-electron chi connectivity index (χ1n) is 8.14. The summed E-state index contributed by atoms with van der Waals surface area (Å²) in [6.07, 6.45) is 0. The van der Waals surface area contributed by atoms with Crippen molar-refractivity contribution in [1.82, 2.24) is 10.2 Å². The highest BCUT2D eigenvalue weighted by Gasteiger charge is 2.24. The van der Waals surface area contributed by atoms with Crippen LogP contribution in [-0.2, 0) is 4.74 Å². The highest BCUT2D eigenvalue weighted by atomic mass is 35.5. The summed E-state index contributed by atoms with van der Waals surface area (Å²) in [5, 5.41) is 7.73. The van der Waals surface area contributed by atoms with Crippen molar-refractivity contribution in [1.29, 1.82) is 0 Å². The second kappa shape index (κ2) is 8.67. The smallest absolute Gasteiger partial charge is 0.255 e. The van der Waals surface area contributed by atoms with Crippen LogP contribution in [-0.4, -0.2) is 50.8 Å². The lowest BCUT2D eigenvalue weighted by atomic mass is 10.1. The molecule has 1 aliphatic heterocycles. The van der Waals surface area contributed by atoms with Crippen molar-refractivity contribution in [2.24, 2.45) is 0 Å². The molecule has 3 rings (SSSR count). The molecule has 1 aromatic heterocycles. The molecule has 1 N–H and O–H groups in total. The zero-order chi connectivity index (χ0) is 17.6. The minimum atomic E-state index is -0.187. The molecule has 0 aliphatic carbocycles. The van der Waals surface area contributed by atoms with Gasteiger partial charge in [0.05, 0.1) is 31.9 Å². The van der Waals surface area contributed by atoms with Gasteiger partial charge in [0, 0.05) is 24.7 Å². The number of hydrogen-bond acceptors (Lipinski definition) is 5. The van der Waals surface area contributed by atoms with Gasteiger partial charge in [-0.3, -0.25) is 9.69 Å². The zero-order valence-corrected chi connectivity index (χ0v) is 15.6. The molecule has 7 heteroatoms. The van der Waals surface area contributed by atoms with E-state index < -0.39 is 0 Å². The average Bonchev–Trinajstić information content (AvgIpc) is 3.17. The Kier molecular flexibility index (Phi) is 6.31. The van der Waals surface area contributed by atoms with Gasteiger partial charge in [-0.25, -0.2) is 0 Å². The van der Waals surface area contributed by atoms with Gasteiger partial charge in [0.1, 0.15) is 5.75 Å². The fourth-order valence-electron chi connectivity index (χ4n) is 2.95. The molecule has 0 spiro atoms. The zero-order valence-electron chi connectivity index (χ0n) is 14.0. The largest absolute Gasteiger partial charge is 0.496 e. The number of ether oxygens (including phenoxy) is 2. The second-order valence-electron chi connectivity index (χ2n) is 5.78. The first kappa shape index (κ1) is 18.2. The number of rotatable bonds is 6. The maximum absolute atomic E-state index is 12.6. The van der Waals surface area contributed by atoms with Crippen LogP contribution in [0.3, 0.4) is 0 Å². The number of methoxy groups -OCH3 is 1. The van der Waals surface area contributed by atoms with Gasteiger partial charge in [-0.15, -0.1) is 0 Å². The van der Waals surface area contributed by atoms with Crippen molar-refractivity contribution in [3.63, 3.8) is 0 Å². The van der Waals surface area contributed by atoms with Gasteiger partial charge in [0.15, 0.2) is 0 Å². The molecular formula is C18H21ClN2O3S. The second-order valence-corrected chi connectivity index (χ2v) is 6.99. The molecule has 1 atom stereocenters. The van der Waals surface area contributed by atoms with Crippen LogP contribution in [0.1, 0.15) is 22.0 Å². The molecule has 25 heavy (non-hydrogen) atoms. The summed E-state index contributed by atoms with van der Waals surface area (Å²) in [6, 6.07) is 7.28. The maximum atomic E-state index is 12.6. The van der Waals surface area contributed by atoms with Gasteiger partial charge in [-0.1, -0.05) is 11.6 Å². The Hall–Kier alpha value is -1.60. The van der Waals surface area contributed by atoms with Gasteiger partial charge in [0.2, 0.25) is 0 Å². The number of thiophene rings is 1. The number of carbonyl (C=O) groups excluding carboxylic acids is 1. The summed E-state index contributed by atoms with van der Waals surface area (Å²) in [4.78, 5) is 15.0. The fraction of sp³-hybridized carbons (Fsp3) is 0.389. The maximum Gasteiger partial charge on any atom is 0.255 e. The average molecular weight is 381 g/mol. The molecule has 1 unspecified atom stereocenters. The SMILES string of the molecule is COc1ccc(Cl)cc1C(=O)NCC(c1ccsc1)N1CCOCC1. The van der Waals surface area contributed by atoms with Crippen molar-refractivity contribution >= 4 is 28.8 Å². The summed E-state index contributed by atoms with van der Waals surface area (Å²) in [5.41, 5.74) is 1.66. The van der Waals surface area contributed by atoms with E-state index in [2.05, 4.69) is 27.0 Å². The quantitative estimate of drug-likeness (QED) is 0.836. The van der Waals surface area contributed by atoms with E-state index >= 15 is 0 Å². The number of morpholine rings is 1. The van der Waals surface area contributed by atoms with Crippen LogP contribution in [0.2, 0.25) is 5.02 Å². The first-order valence-corrected chi connectivity index (χ1v) is 9.46. The Balaban J connectivity index is 1.72. The number of hydrogen-bond donors (Lipinski definition) is 1. The van der Waals surface area contributed by atoms with Crippen LogP contribution >= 0.6 is 22.9 Å². The predicted molar refractivity (Wildman–Crippen MR) is 99.8 cm³/mol. The third-order valence-electron chi connectivity index (χ3n) is 4.28. The van der Waals surface area contributed by atoms with E-state index in [0.717, 1.165) is 26.3 Å². The summed E-state index contributed by atoms with van der Waals surface area (Å²) >= 11 is 7.69. The molecule has 1 amide bonds. The Bertz CT molecular complexity index is 702. The normalized spacial score (nSPS) is 16.4. The molecule has 5 nitrogen and oxygen atoms in total. The number of carbonyl (C=O) groups is 1. The standard InChI is InChI=1S/C18H21ClN2O3S/c1-23-17-3-2-14(19)10-15(17)18(22)20-11-16(13-4-9-25-12-13)21-5-7-24-8-6-21/h2-4,9-10,12,16H,5-8,11H2,1H3,(H,20,22). The number of nitrogens with zero attached hydrogens (tertiary/aromatic N) is 1. The minimum Gasteiger partial charge on any atom is -0.496 e.